The van der Waals surface area contributed by atoms with Crippen LogP contribution in [0.4, 0.5) is 0 Å². The predicted molar refractivity (Wildman–Crippen MR) is 73.4 cm³/mol. The molecule has 0 aromatic carbocycles. The van der Waals surface area contributed by atoms with Crippen LogP contribution in [0.1, 0.15) is 38.5 Å². The van der Waals surface area contributed by atoms with Crippen LogP contribution in [0.25, 0.3) is 0 Å². The van der Waals surface area contributed by atoms with Crippen molar-refractivity contribution in [2.75, 3.05) is 46.3 Å². The van der Waals surface area contributed by atoms with Crippen LogP contribution < -0.4 is 5.32 Å². The third kappa shape index (κ3) is 4.57. The van der Waals surface area contributed by atoms with Crippen molar-refractivity contribution in [1.82, 2.24) is 15.1 Å². The highest BCUT2D eigenvalue weighted by molar-refractivity contribution is 4.75. The van der Waals surface area contributed by atoms with Crippen LogP contribution in [0.2, 0.25) is 0 Å². The highest BCUT2D eigenvalue weighted by Gasteiger charge is 2.18. The number of hydrogen-bond donors (Lipinski definition) is 1. The highest BCUT2D eigenvalue weighted by atomic mass is 15.2. The van der Waals surface area contributed by atoms with Crippen molar-refractivity contribution in [3.8, 4) is 0 Å². The van der Waals surface area contributed by atoms with E-state index in [4.69, 9.17) is 0 Å². The zero-order valence-corrected chi connectivity index (χ0v) is 11.5. The van der Waals surface area contributed by atoms with E-state index in [1.54, 1.807) is 0 Å². The van der Waals surface area contributed by atoms with E-state index in [-0.39, 0.29) is 0 Å². The summed E-state index contributed by atoms with van der Waals surface area (Å²) in [4.78, 5) is 5.13. The molecule has 1 aliphatic carbocycles. The lowest BCUT2D eigenvalue weighted by molar-refractivity contribution is 0.243. The molecule has 17 heavy (non-hydrogen) atoms. The average Bonchev–Trinajstić information content (AvgIpc) is 3.01. The first-order valence-electron chi connectivity index (χ1n) is 7.49. The minimum Gasteiger partial charge on any atom is -0.314 e. The molecule has 3 nitrogen and oxygen atoms in total. The molecule has 0 atom stereocenters. The van der Waals surface area contributed by atoms with Crippen molar-refractivity contribution in [1.29, 1.82) is 0 Å². The first kappa shape index (κ1) is 13.3. The molecular formula is C14H29N3. The predicted octanol–water partition coefficient (Wildman–Crippen LogP) is 1.55. The normalized spacial score (nSPS) is 22.9. The second-order valence-corrected chi connectivity index (χ2v) is 5.72. The van der Waals surface area contributed by atoms with Gasteiger partial charge in [-0.05, 0) is 45.8 Å². The molecule has 0 aromatic heterocycles. The maximum Gasteiger partial charge on any atom is 0.0107 e. The van der Waals surface area contributed by atoms with Gasteiger partial charge in [-0.2, -0.15) is 0 Å². The second kappa shape index (κ2) is 7.34. The Labute approximate surface area is 107 Å². The van der Waals surface area contributed by atoms with Crippen LogP contribution in [0.5, 0.6) is 0 Å². The molecule has 1 aliphatic heterocycles. The fourth-order valence-corrected chi connectivity index (χ4v) is 3.15. The van der Waals surface area contributed by atoms with Gasteiger partial charge in [0.05, 0.1) is 0 Å². The first-order chi connectivity index (χ1) is 8.36. The van der Waals surface area contributed by atoms with Gasteiger partial charge in [-0.3, -0.25) is 0 Å². The van der Waals surface area contributed by atoms with Crippen LogP contribution in [-0.2, 0) is 0 Å². The molecule has 1 N–H and O–H groups in total. The molecule has 0 spiro atoms. The number of nitrogens with one attached hydrogen (secondary N) is 1. The maximum atomic E-state index is 3.58. The SMILES string of the molecule is CN(CCNCCN1CCCC1)C1CCCC1. The summed E-state index contributed by atoms with van der Waals surface area (Å²) in [7, 11) is 2.29. The summed E-state index contributed by atoms with van der Waals surface area (Å²) in [5, 5.41) is 3.58. The smallest absolute Gasteiger partial charge is 0.0107 e. The number of likely N-dealkylation sites (tertiary alicyclic amines) is 1. The molecule has 0 aromatic rings. The lowest BCUT2D eigenvalue weighted by atomic mass is 10.2. The maximum absolute atomic E-state index is 3.58. The Morgan fingerprint density at radius 2 is 1.76 bits per heavy atom. The van der Waals surface area contributed by atoms with Crippen LogP contribution in [0, 0.1) is 0 Å². The largest absolute Gasteiger partial charge is 0.314 e. The van der Waals surface area contributed by atoms with Gasteiger partial charge in [0, 0.05) is 32.2 Å². The van der Waals surface area contributed by atoms with Gasteiger partial charge < -0.3 is 15.1 Å². The Bertz CT molecular complexity index is 196. The minimum absolute atomic E-state index is 0.871. The molecule has 100 valence electrons. The second-order valence-electron chi connectivity index (χ2n) is 5.72. The fraction of sp³-hybridized carbons (Fsp3) is 1.00. The number of nitrogens with zero attached hydrogens (tertiary/aromatic N) is 2. The lowest BCUT2D eigenvalue weighted by Gasteiger charge is -2.24. The van der Waals surface area contributed by atoms with Crippen molar-refractivity contribution < 1.29 is 0 Å². The van der Waals surface area contributed by atoms with Crippen molar-refractivity contribution in [2.45, 2.75) is 44.6 Å². The van der Waals surface area contributed by atoms with Gasteiger partial charge in [-0.15, -0.1) is 0 Å². The third-order valence-electron chi connectivity index (χ3n) is 4.39. The summed E-state index contributed by atoms with van der Waals surface area (Å²) in [6.07, 6.45) is 8.54. The van der Waals surface area contributed by atoms with Crippen molar-refractivity contribution in [3.63, 3.8) is 0 Å². The van der Waals surface area contributed by atoms with Gasteiger partial charge in [-0.25, -0.2) is 0 Å². The molecule has 2 fully saturated rings. The molecule has 1 heterocycles. The van der Waals surface area contributed by atoms with E-state index in [1.807, 2.05) is 0 Å². The van der Waals surface area contributed by atoms with Gasteiger partial charge in [-0.1, -0.05) is 12.8 Å². The molecule has 0 amide bonds. The number of rotatable bonds is 7. The van der Waals surface area contributed by atoms with Crippen LogP contribution in [-0.4, -0.2) is 62.2 Å². The summed E-state index contributed by atoms with van der Waals surface area (Å²) in [6.45, 7) is 7.42. The van der Waals surface area contributed by atoms with E-state index < -0.39 is 0 Å². The van der Waals surface area contributed by atoms with Gasteiger partial charge in [0.2, 0.25) is 0 Å². The average molecular weight is 239 g/mol. The van der Waals surface area contributed by atoms with E-state index in [0.29, 0.717) is 0 Å². The number of likely N-dealkylation sites (N-methyl/N-ethyl adjacent to an activating group) is 1. The molecule has 3 heteroatoms. The summed E-state index contributed by atoms with van der Waals surface area (Å²) >= 11 is 0. The Morgan fingerprint density at radius 3 is 2.47 bits per heavy atom. The third-order valence-corrected chi connectivity index (χ3v) is 4.39. The van der Waals surface area contributed by atoms with Crippen LogP contribution >= 0.6 is 0 Å². The standard InChI is InChI=1S/C14H29N3/c1-16(14-6-2-3-7-14)12-8-15-9-13-17-10-4-5-11-17/h14-15H,2-13H2,1H3. The molecule has 1 saturated heterocycles. The topological polar surface area (TPSA) is 18.5 Å². The molecule has 0 unspecified atom stereocenters. The minimum atomic E-state index is 0.871. The molecule has 0 bridgehead atoms. The molecular weight excluding hydrogens is 210 g/mol. The molecule has 2 aliphatic rings. The fourth-order valence-electron chi connectivity index (χ4n) is 3.15. The van der Waals surface area contributed by atoms with E-state index in [2.05, 4.69) is 22.2 Å². The molecule has 1 saturated carbocycles. The number of hydrogen-bond acceptors (Lipinski definition) is 3. The van der Waals surface area contributed by atoms with Crippen LogP contribution in [0.3, 0.4) is 0 Å². The molecule has 2 rings (SSSR count). The quantitative estimate of drug-likeness (QED) is 0.680. The van der Waals surface area contributed by atoms with Crippen molar-refractivity contribution in [3.05, 3.63) is 0 Å². The van der Waals surface area contributed by atoms with Crippen LogP contribution in [0.15, 0.2) is 0 Å². The first-order valence-corrected chi connectivity index (χ1v) is 7.49. The summed E-state index contributed by atoms with van der Waals surface area (Å²) < 4.78 is 0. The van der Waals surface area contributed by atoms with Gasteiger partial charge >= 0.3 is 0 Å². The van der Waals surface area contributed by atoms with Gasteiger partial charge in [0.25, 0.3) is 0 Å². The summed E-state index contributed by atoms with van der Waals surface area (Å²) in [5.74, 6) is 0. The summed E-state index contributed by atoms with van der Waals surface area (Å²) in [5.41, 5.74) is 0. The van der Waals surface area contributed by atoms with E-state index in [9.17, 15) is 0 Å². The van der Waals surface area contributed by atoms with E-state index in [0.717, 1.165) is 12.6 Å². The Balaban J connectivity index is 1.45. The van der Waals surface area contributed by atoms with Gasteiger partial charge in [0.1, 0.15) is 0 Å². The van der Waals surface area contributed by atoms with Gasteiger partial charge in [0.15, 0.2) is 0 Å². The Morgan fingerprint density at radius 1 is 1.06 bits per heavy atom. The Hall–Kier alpha value is -0.120. The monoisotopic (exact) mass is 239 g/mol. The summed E-state index contributed by atoms with van der Waals surface area (Å²) in [6, 6.07) is 0.871. The van der Waals surface area contributed by atoms with E-state index >= 15 is 0 Å². The zero-order chi connectivity index (χ0) is 11.9. The Kier molecular flexibility index (Phi) is 5.75. The van der Waals surface area contributed by atoms with Crippen molar-refractivity contribution in [2.24, 2.45) is 0 Å². The zero-order valence-electron chi connectivity index (χ0n) is 11.5. The van der Waals surface area contributed by atoms with Crippen molar-refractivity contribution >= 4 is 0 Å². The highest BCUT2D eigenvalue weighted by Crippen LogP contribution is 2.21. The lowest BCUT2D eigenvalue weighted by Crippen LogP contribution is -2.37. The van der Waals surface area contributed by atoms with E-state index in [1.165, 1.54) is 71.2 Å². The molecule has 0 radical (unpaired) electrons.